The zero-order valence-electron chi connectivity index (χ0n) is 15.3. The molecule has 4 rings (SSSR count). The predicted molar refractivity (Wildman–Crippen MR) is 102 cm³/mol. The number of rotatable bonds is 6. The first-order valence-electron chi connectivity index (χ1n) is 9.38. The summed E-state index contributed by atoms with van der Waals surface area (Å²) in [5.41, 5.74) is 1.86. The monoisotopic (exact) mass is 380 g/mol. The Morgan fingerprint density at radius 1 is 1.21 bits per heavy atom. The van der Waals surface area contributed by atoms with Gasteiger partial charge in [-0.1, -0.05) is 6.07 Å². The van der Waals surface area contributed by atoms with Crippen molar-refractivity contribution in [3.63, 3.8) is 0 Å². The van der Waals surface area contributed by atoms with Crippen LogP contribution in [-0.4, -0.2) is 26.5 Å². The summed E-state index contributed by atoms with van der Waals surface area (Å²) in [6, 6.07) is 9.62. The van der Waals surface area contributed by atoms with Gasteiger partial charge in [-0.15, -0.1) is 0 Å². The van der Waals surface area contributed by atoms with Crippen LogP contribution in [0.3, 0.4) is 0 Å². The number of pyridine rings is 1. The average Bonchev–Trinajstić information content (AvgIpc) is 3.40. The van der Waals surface area contributed by atoms with E-state index < -0.39 is 0 Å². The van der Waals surface area contributed by atoms with E-state index in [4.69, 9.17) is 4.74 Å². The van der Waals surface area contributed by atoms with Gasteiger partial charge in [0.05, 0.1) is 12.5 Å². The average molecular weight is 380 g/mol. The Hall–Kier alpha value is -3.22. The lowest BCUT2D eigenvalue weighted by molar-refractivity contribution is 0.0943. The second-order valence-corrected chi connectivity index (χ2v) is 6.80. The molecule has 1 aliphatic carbocycles. The molecule has 3 aromatic rings. The maximum atomic E-state index is 13.2. The molecule has 1 saturated carbocycles. The Morgan fingerprint density at radius 3 is 2.79 bits per heavy atom. The highest BCUT2D eigenvalue weighted by atomic mass is 19.1. The number of aromatic nitrogens is 3. The molecule has 0 spiro atoms. The minimum absolute atomic E-state index is 0.198. The standard InChI is InChI=1S/C21H21FN4O2/c22-16-7-9-17(10-8-16)26-14-23-13-19(26)20(27)25-12-15-4-3-11-24-21(15)28-18-5-1-2-6-18/h3-4,7-11,13-14,18H,1-2,5-6,12H2,(H,25,27). The highest BCUT2D eigenvalue weighted by molar-refractivity contribution is 5.93. The molecule has 6 nitrogen and oxygen atoms in total. The van der Waals surface area contributed by atoms with Gasteiger partial charge in [0.2, 0.25) is 5.88 Å². The first-order chi connectivity index (χ1) is 13.7. The van der Waals surface area contributed by atoms with Crippen LogP contribution >= 0.6 is 0 Å². The Bertz CT molecular complexity index is 949. The quantitative estimate of drug-likeness (QED) is 0.709. The number of carbonyl (C=O) groups is 1. The van der Waals surface area contributed by atoms with Crippen molar-refractivity contribution in [2.75, 3.05) is 0 Å². The van der Waals surface area contributed by atoms with Gasteiger partial charge in [-0.05, 0) is 56.0 Å². The minimum atomic E-state index is -0.332. The molecule has 1 aliphatic rings. The molecule has 2 heterocycles. The third kappa shape index (κ3) is 4.03. The second kappa shape index (κ2) is 8.21. The zero-order chi connectivity index (χ0) is 19.3. The molecule has 144 valence electrons. The summed E-state index contributed by atoms with van der Waals surface area (Å²) < 4.78 is 20.8. The van der Waals surface area contributed by atoms with Gasteiger partial charge in [-0.25, -0.2) is 14.4 Å². The molecule has 0 radical (unpaired) electrons. The molecule has 0 saturated heterocycles. The normalized spacial score (nSPS) is 14.2. The lowest BCUT2D eigenvalue weighted by Crippen LogP contribution is -2.25. The number of hydrogen-bond donors (Lipinski definition) is 1. The van der Waals surface area contributed by atoms with E-state index >= 15 is 0 Å². The summed E-state index contributed by atoms with van der Waals surface area (Å²) in [5, 5.41) is 2.89. The fourth-order valence-corrected chi connectivity index (χ4v) is 3.37. The Labute approximate surface area is 162 Å². The van der Waals surface area contributed by atoms with E-state index in [2.05, 4.69) is 15.3 Å². The number of benzene rings is 1. The molecule has 0 bridgehead atoms. The molecule has 1 amide bonds. The highest BCUT2D eigenvalue weighted by Crippen LogP contribution is 2.25. The Kier molecular flexibility index (Phi) is 5.32. The molecule has 1 fully saturated rings. The maximum Gasteiger partial charge on any atom is 0.270 e. The van der Waals surface area contributed by atoms with Crippen LogP contribution in [0, 0.1) is 5.82 Å². The Morgan fingerprint density at radius 2 is 2.00 bits per heavy atom. The molecule has 7 heteroatoms. The van der Waals surface area contributed by atoms with Crippen LogP contribution in [0.25, 0.3) is 5.69 Å². The van der Waals surface area contributed by atoms with Gasteiger partial charge in [0.25, 0.3) is 5.91 Å². The van der Waals surface area contributed by atoms with Gasteiger partial charge in [0.1, 0.15) is 17.6 Å². The SMILES string of the molecule is O=C(NCc1cccnc1OC1CCCC1)c1cncn1-c1ccc(F)cc1. The van der Waals surface area contributed by atoms with Crippen LogP contribution in [0.1, 0.15) is 41.7 Å². The van der Waals surface area contributed by atoms with Gasteiger partial charge in [0, 0.05) is 24.0 Å². The van der Waals surface area contributed by atoms with E-state index in [1.165, 1.54) is 37.5 Å². The van der Waals surface area contributed by atoms with E-state index in [1.807, 2.05) is 12.1 Å². The predicted octanol–water partition coefficient (Wildman–Crippen LogP) is 3.66. The highest BCUT2D eigenvalue weighted by Gasteiger charge is 2.19. The first-order valence-corrected chi connectivity index (χ1v) is 9.38. The lowest BCUT2D eigenvalue weighted by atomic mass is 10.2. The van der Waals surface area contributed by atoms with Gasteiger partial charge in [-0.2, -0.15) is 0 Å². The van der Waals surface area contributed by atoms with Crippen molar-refractivity contribution in [1.82, 2.24) is 19.9 Å². The van der Waals surface area contributed by atoms with Crippen molar-refractivity contribution in [2.24, 2.45) is 0 Å². The summed E-state index contributed by atoms with van der Waals surface area (Å²) in [5.74, 6) is -0.0412. The minimum Gasteiger partial charge on any atom is -0.474 e. The van der Waals surface area contributed by atoms with Crippen LogP contribution in [0.5, 0.6) is 5.88 Å². The van der Waals surface area contributed by atoms with Crippen molar-refractivity contribution in [3.8, 4) is 11.6 Å². The largest absolute Gasteiger partial charge is 0.474 e. The number of nitrogens with zero attached hydrogens (tertiary/aromatic N) is 3. The second-order valence-electron chi connectivity index (χ2n) is 6.80. The fraction of sp³-hybridized carbons (Fsp3) is 0.286. The van der Waals surface area contributed by atoms with E-state index in [9.17, 15) is 9.18 Å². The summed E-state index contributed by atoms with van der Waals surface area (Å²) in [7, 11) is 0. The number of hydrogen-bond acceptors (Lipinski definition) is 4. The van der Waals surface area contributed by atoms with E-state index in [0.717, 1.165) is 18.4 Å². The summed E-state index contributed by atoms with van der Waals surface area (Å²) >= 11 is 0. The van der Waals surface area contributed by atoms with Crippen molar-refractivity contribution < 1.29 is 13.9 Å². The molecule has 28 heavy (non-hydrogen) atoms. The topological polar surface area (TPSA) is 69.0 Å². The summed E-state index contributed by atoms with van der Waals surface area (Å²) in [4.78, 5) is 21.1. The number of amides is 1. The molecule has 2 aromatic heterocycles. The fourth-order valence-electron chi connectivity index (χ4n) is 3.37. The summed E-state index contributed by atoms with van der Waals surface area (Å²) in [6.07, 6.45) is 9.34. The molecule has 1 aromatic carbocycles. The van der Waals surface area contributed by atoms with Gasteiger partial charge < -0.3 is 10.1 Å². The molecular formula is C21H21FN4O2. The van der Waals surface area contributed by atoms with E-state index in [1.54, 1.807) is 22.9 Å². The van der Waals surface area contributed by atoms with Crippen LogP contribution < -0.4 is 10.1 Å². The van der Waals surface area contributed by atoms with Crippen LogP contribution in [0.4, 0.5) is 4.39 Å². The number of nitrogens with one attached hydrogen (secondary N) is 1. The van der Waals surface area contributed by atoms with Crippen molar-refractivity contribution in [1.29, 1.82) is 0 Å². The number of carbonyl (C=O) groups excluding carboxylic acids is 1. The number of ether oxygens (including phenoxy) is 1. The first kappa shape index (κ1) is 18.2. The number of halogens is 1. The van der Waals surface area contributed by atoms with Gasteiger partial charge in [0.15, 0.2) is 0 Å². The van der Waals surface area contributed by atoms with Crippen LogP contribution in [0.2, 0.25) is 0 Å². The van der Waals surface area contributed by atoms with Crippen molar-refractivity contribution in [2.45, 2.75) is 38.3 Å². The third-order valence-electron chi connectivity index (χ3n) is 4.85. The molecular weight excluding hydrogens is 359 g/mol. The zero-order valence-corrected chi connectivity index (χ0v) is 15.3. The number of imidazole rings is 1. The maximum absolute atomic E-state index is 13.2. The van der Waals surface area contributed by atoms with Crippen LogP contribution in [0.15, 0.2) is 55.1 Å². The smallest absolute Gasteiger partial charge is 0.270 e. The van der Waals surface area contributed by atoms with Gasteiger partial charge in [-0.3, -0.25) is 9.36 Å². The summed E-state index contributed by atoms with van der Waals surface area (Å²) in [6.45, 7) is 0.295. The van der Waals surface area contributed by atoms with E-state index in [0.29, 0.717) is 23.8 Å². The lowest BCUT2D eigenvalue weighted by Gasteiger charge is -2.15. The van der Waals surface area contributed by atoms with Crippen LogP contribution in [-0.2, 0) is 6.54 Å². The van der Waals surface area contributed by atoms with Gasteiger partial charge >= 0.3 is 0 Å². The van der Waals surface area contributed by atoms with Crippen molar-refractivity contribution in [3.05, 3.63) is 72.2 Å². The Balaban J connectivity index is 1.46. The molecule has 1 N–H and O–H groups in total. The molecule has 0 atom stereocenters. The van der Waals surface area contributed by atoms with E-state index in [-0.39, 0.29) is 17.8 Å². The van der Waals surface area contributed by atoms with Crippen molar-refractivity contribution >= 4 is 5.91 Å². The molecule has 0 aliphatic heterocycles. The third-order valence-corrected chi connectivity index (χ3v) is 4.85. The molecule has 0 unspecified atom stereocenters.